The molecule has 0 atom stereocenters. The number of rotatable bonds is 7. The minimum Gasteiger partial charge on any atom is -0.496 e. The number of nitrogens with two attached hydrogens (primary N) is 1. The van der Waals surface area contributed by atoms with E-state index in [2.05, 4.69) is 15.3 Å². The number of aromatic nitrogens is 2. The molecule has 0 fully saturated rings. The van der Waals surface area contributed by atoms with Crippen molar-refractivity contribution in [3.63, 3.8) is 0 Å². The van der Waals surface area contributed by atoms with E-state index in [-0.39, 0.29) is 12.5 Å². The first-order valence-corrected chi connectivity index (χ1v) is 9.46. The number of nitrogens with one attached hydrogen (secondary N) is 1. The van der Waals surface area contributed by atoms with Crippen molar-refractivity contribution in [3.8, 4) is 28.4 Å². The molecule has 31 heavy (non-hydrogen) atoms. The Bertz CT molecular complexity index is 1190. The van der Waals surface area contributed by atoms with Crippen molar-refractivity contribution < 1.29 is 18.4 Å². The molecule has 158 valence electrons. The molecule has 2 heterocycles. The van der Waals surface area contributed by atoms with Crippen LogP contribution in [0.25, 0.3) is 22.6 Å². The maximum absolute atomic E-state index is 12.0. The number of para-hydroxylation sites is 1. The number of ether oxygens (including phenoxy) is 1. The lowest BCUT2D eigenvalue weighted by atomic mass is 10.1. The molecular formula is C22H21N5O4. The smallest absolute Gasteiger partial charge is 0.299 e. The summed E-state index contributed by atoms with van der Waals surface area (Å²) in [4.78, 5) is 21.8. The molecule has 4 rings (SSSR count). The number of amides is 1. The predicted molar refractivity (Wildman–Crippen MR) is 116 cm³/mol. The lowest BCUT2D eigenvalue weighted by Crippen LogP contribution is -2.32. The second-order valence-electron chi connectivity index (χ2n) is 6.61. The van der Waals surface area contributed by atoms with Crippen LogP contribution < -0.4 is 20.7 Å². The number of benzene rings is 2. The fourth-order valence-electron chi connectivity index (χ4n) is 3.15. The molecule has 0 aliphatic carbocycles. The third-order valence-corrected chi connectivity index (χ3v) is 4.74. The van der Waals surface area contributed by atoms with Gasteiger partial charge in [0.1, 0.15) is 5.75 Å². The average Bonchev–Trinajstić information content (AvgIpc) is 3.50. The maximum atomic E-state index is 12.0. The number of likely N-dealkylation sites (N-methyl/N-ethyl adjacent to an activating group) is 1. The van der Waals surface area contributed by atoms with E-state index >= 15 is 0 Å². The number of hydrogen-bond acceptors (Lipinski definition) is 8. The zero-order chi connectivity index (χ0) is 21.8. The Kier molecular flexibility index (Phi) is 5.67. The number of hydrogen-bond donors (Lipinski definition) is 2. The summed E-state index contributed by atoms with van der Waals surface area (Å²) in [6.45, 7) is -0.0834. The highest BCUT2D eigenvalue weighted by Crippen LogP contribution is 2.35. The number of nitrogens with zero attached hydrogens (tertiary/aromatic N) is 3. The number of anilines is 3. The predicted octanol–water partition coefficient (Wildman–Crippen LogP) is 3.67. The highest BCUT2D eigenvalue weighted by Gasteiger charge is 2.17. The van der Waals surface area contributed by atoms with Gasteiger partial charge < -0.3 is 29.5 Å². The van der Waals surface area contributed by atoms with Crippen LogP contribution in [0.15, 0.2) is 70.1 Å². The van der Waals surface area contributed by atoms with Crippen molar-refractivity contribution in [1.82, 2.24) is 9.97 Å². The first-order valence-electron chi connectivity index (χ1n) is 9.46. The van der Waals surface area contributed by atoms with Gasteiger partial charge in [0.15, 0.2) is 17.9 Å². The molecule has 9 heteroatoms. The highest BCUT2D eigenvalue weighted by atomic mass is 16.5. The van der Waals surface area contributed by atoms with E-state index in [4.69, 9.17) is 19.3 Å². The molecule has 3 N–H and O–H groups in total. The van der Waals surface area contributed by atoms with E-state index < -0.39 is 0 Å². The van der Waals surface area contributed by atoms with Crippen LogP contribution in [0.2, 0.25) is 0 Å². The molecular weight excluding hydrogens is 398 g/mol. The molecule has 0 aliphatic heterocycles. The van der Waals surface area contributed by atoms with Crippen LogP contribution in [-0.2, 0) is 4.79 Å². The summed E-state index contributed by atoms with van der Waals surface area (Å²) < 4.78 is 16.7. The average molecular weight is 419 g/mol. The van der Waals surface area contributed by atoms with E-state index in [0.717, 1.165) is 16.8 Å². The third kappa shape index (κ3) is 4.12. The van der Waals surface area contributed by atoms with Gasteiger partial charge in [-0.2, -0.15) is 0 Å². The van der Waals surface area contributed by atoms with Crippen LogP contribution in [0.5, 0.6) is 5.75 Å². The Balaban J connectivity index is 1.59. The van der Waals surface area contributed by atoms with Gasteiger partial charge in [-0.05, 0) is 24.3 Å². The monoisotopic (exact) mass is 419 g/mol. The molecule has 0 spiro atoms. The number of oxazole rings is 2. The van der Waals surface area contributed by atoms with Gasteiger partial charge in [0, 0.05) is 24.4 Å². The van der Waals surface area contributed by atoms with Gasteiger partial charge in [-0.3, -0.25) is 4.79 Å². The minimum atomic E-state index is -0.204. The normalized spacial score (nSPS) is 10.7. The van der Waals surface area contributed by atoms with Gasteiger partial charge in [0.25, 0.3) is 6.01 Å². The Morgan fingerprint density at radius 1 is 1.16 bits per heavy atom. The summed E-state index contributed by atoms with van der Waals surface area (Å²) in [7, 11) is 3.25. The number of carbonyl (C=O) groups excluding carboxylic acids is 1. The van der Waals surface area contributed by atoms with E-state index in [1.165, 1.54) is 11.3 Å². The first-order chi connectivity index (χ1) is 15.1. The van der Waals surface area contributed by atoms with Gasteiger partial charge in [0.2, 0.25) is 5.91 Å². The van der Waals surface area contributed by atoms with E-state index in [1.807, 2.05) is 42.5 Å². The second kappa shape index (κ2) is 8.72. The first kappa shape index (κ1) is 20.2. The summed E-state index contributed by atoms with van der Waals surface area (Å²) in [5, 5.41) is 3.12. The van der Waals surface area contributed by atoms with Gasteiger partial charge in [-0.15, -0.1) is 0 Å². The molecule has 0 aliphatic rings. The molecule has 1 amide bonds. The number of carbonyl (C=O) groups is 1. The molecule has 2 aromatic heterocycles. The topological polar surface area (TPSA) is 120 Å². The zero-order valence-electron chi connectivity index (χ0n) is 17.0. The van der Waals surface area contributed by atoms with Crippen LogP contribution >= 0.6 is 0 Å². The fourth-order valence-corrected chi connectivity index (χ4v) is 3.15. The van der Waals surface area contributed by atoms with Crippen LogP contribution in [0.4, 0.5) is 17.4 Å². The van der Waals surface area contributed by atoms with Crippen LogP contribution in [0.1, 0.15) is 0 Å². The third-order valence-electron chi connectivity index (χ3n) is 4.74. The van der Waals surface area contributed by atoms with Crippen LogP contribution in [0, 0.1) is 0 Å². The second-order valence-corrected chi connectivity index (χ2v) is 6.61. The van der Waals surface area contributed by atoms with Gasteiger partial charge >= 0.3 is 0 Å². The molecule has 0 unspecified atom stereocenters. The molecule has 0 bridgehead atoms. The zero-order valence-corrected chi connectivity index (χ0v) is 17.0. The quantitative estimate of drug-likeness (QED) is 0.466. The standard InChI is InChI=1S/C22H21N5O4/c1-27(21(28)10-23)17-6-4-3-5-15(17)20-12-25-22(31-20)26-14-7-8-16(18(9-14)29-2)19-11-24-13-30-19/h3-9,11-13H,10,23H2,1-2H3,(H,25,26). The van der Waals surface area contributed by atoms with Crippen molar-refractivity contribution >= 4 is 23.3 Å². The van der Waals surface area contributed by atoms with Crippen LogP contribution in [0.3, 0.4) is 0 Å². The molecule has 9 nitrogen and oxygen atoms in total. The van der Waals surface area contributed by atoms with E-state index in [0.29, 0.717) is 29.0 Å². The van der Waals surface area contributed by atoms with Gasteiger partial charge in [-0.25, -0.2) is 9.97 Å². The van der Waals surface area contributed by atoms with Crippen molar-refractivity contribution in [2.75, 3.05) is 30.9 Å². The van der Waals surface area contributed by atoms with Crippen LogP contribution in [-0.4, -0.2) is 36.6 Å². The van der Waals surface area contributed by atoms with E-state index in [1.54, 1.807) is 26.6 Å². The molecule has 0 saturated heterocycles. The highest BCUT2D eigenvalue weighted by molar-refractivity contribution is 5.97. The minimum absolute atomic E-state index is 0.0834. The van der Waals surface area contributed by atoms with Gasteiger partial charge in [0.05, 0.1) is 37.3 Å². The van der Waals surface area contributed by atoms with Crippen molar-refractivity contribution in [3.05, 3.63) is 61.3 Å². The van der Waals surface area contributed by atoms with E-state index in [9.17, 15) is 4.79 Å². The Labute approximate surface area is 178 Å². The fraction of sp³-hybridized carbons (Fsp3) is 0.136. The maximum Gasteiger partial charge on any atom is 0.299 e. The van der Waals surface area contributed by atoms with Crippen molar-refractivity contribution in [1.29, 1.82) is 0 Å². The SMILES string of the molecule is COc1cc(Nc2ncc(-c3ccccc3N(C)C(=O)CN)o2)ccc1-c1cnco1. The van der Waals surface area contributed by atoms with Crippen molar-refractivity contribution in [2.45, 2.75) is 0 Å². The largest absolute Gasteiger partial charge is 0.496 e. The molecule has 0 radical (unpaired) electrons. The van der Waals surface area contributed by atoms with Gasteiger partial charge in [-0.1, -0.05) is 12.1 Å². The summed E-state index contributed by atoms with van der Waals surface area (Å²) in [6, 6.07) is 13.2. The molecule has 4 aromatic rings. The van der Waals surface area contributed by atoms with Crippen molar-refractivity contribution in [2.24, 2.45) is 5.73 Å². The summed E-state index contributed by atoms with van der Waals surface area (Å²) in [6.07, 6.45) is 4.59. The summed E-state index contributed by atoms with van der Waals surface area (Å²) in [5.74, 6) is 1.53. The summed E-state index contributed by atoms with van der Waals surface area (Å²) >= 11 is 0. The summed E-state index contributed by atoms with van der Waals surface area (Å²) in [5.41, 5.74) is 8.40. The lowest BCUT2D eigenvalue weighted by Gasteiger charge is -2.19. The Morgan fingerprint density at radius 3 is 2.74 bits per heavy atom. The molecule has 2 aromatic carbocycles. The number of methoxy groups -OCH3 is 1. The molecule has 0 saturated carbocycles. The Morgan fingerprint density at radius 2 is 2.00 bits per heavy atom. The Hall–Kier alpha value is -4.11. The lowest BCUT2D eigenvalue weighted by molar-refractivity contribution is -0.117.